The third-order valence-electron chi connectivity index (χ3n) is 1.18. The van der Waals surface area contributed by atoms with Crippen molar-refractivity contribution in [2.45, 2.75) is 45.3 Å². The fraction of sp³-hybridized carbons (Fsp3) is 0.875. The predicted octanol–water partition coefficient (Wildman–Crippen LogP) is 2.10. The van der Waals surface area contributed by atoms with E-state index in [-0.39, 0.29) is 6.10 Å². The second-order valence-electron chi connectivity index (χ2n) is 3.78. The fourth-order valence-electron chi connectivity index (χ4n) is 0.596. The minimum atomic E-state index is -0.542. The van der Waals surface area contributed by atoms with Crippen LogP contribution < -0.4 is 0 Å². The Hall–Kier alpha value is -0.730. The topological polar surface area (TPSA) is 35.5 Å². The lowest BCUT2D eigenvalue weighted by Crippen LogP contribution is -2.24. The highest BCUT2D eigenvalue weighted by Gasteiger charge is 2.28. The molecule has 3 nitrogen and oxygen atoms in total. The predicted molar refractivity (Wildman–Crippen MR) is 40.3 cm³/mol. The lowest BCUT2D eigenvalue weighted by atomic mass is 10.2. The van der Waals surface area contributed by atoms with Gasteiger partial charge in [-0.25, -0.2) is 4.79 Å². The van der Waals surface area contributed by atoms with Crippen molar-refractivity contribution < 1.29 is 14.3 Å². The fourth-order valence-corrected chi connectivity index (χ4v) is 0.596. The van der Waals surface area contributed by atoms with Gasteiger partial charge < -0.3 is 9.47 Å². The van der Waals surface area contributed by atoms with Gasteiger partial charge in [-0.05, 0) is 33.6 Å². The Bertz CT molecular complexity index is 153. The van der Waals surface area contributed by atoms with E-state index < -0.39 is 11.8 Å². The Labute approximate surface area is 66.7 Å². The minimum Gasteiger partial charge on any atom is -0.431 e. The van der Waals surface area contributed by atoms with Gasteiger partial charge in [-0.1, -0.05) is 0 Å². The second kappa shape index (κ2) is 2.72. The molecule has 0 radical (unpaired) electrons. The van der Waals surface area contributed by atoms with Gasteiger partial charge in [0.2, 0.25) is 0 Å². The molecular formula is C8H14O3. The normalized spacial score (nSPS) is 17.7. The van der Waals surface area contributed by atoms with Crippen molar-refractivity contribution in [2.75, 3.05) is 0 Å². The second-order valence-corrected chi connectivity index (χ2v) is 3.78. The van der Waals surface area contributed by atoms with E-state index in [4.69, 9.17) is 9.47 Å². The number of ether oxygens (including phenoxy) is 2. The minimum absolute atomic E-state index is 0.129. The van der Waals surface area contributed by atoms with Crippen molar-refractivity contribution in [1.29, 1.82) is 0 Å². The molecule has 0 spiro atoms. The Morgan fingerprint density at radius 3 is 2.27 bits per heavy atom. The van der Waals surface area contributed by atoms with Crippen molar-refractivity contribution in [2.24, 2.45) is 0 Å². The first-order valence-electron chi connectivity index (χ1n) is 3.87. The van der Waals surface area contributed by atoms with E-state index in [9.17, 15) is 4.79 Å². The molecule has 0 amide bonds. The molecule has 3 heteroatoms. The third-order valence-corrected chi connectivity index (χ3v) is 1.18. The standard InChI is InChI=1S/C8H14O3/c1-8(2,3)11-7(9)10-6-4-5-6/h6H,4-5H2,1-3H3. The van der Waals surface area contributed by atoms with Gasteiger partial charge in [0, 0.05) is 0 Å². The Morgan fingerprint density at radius 2 is 1.91 bits per heavy atom. The van der Waals surface area contributed by atoms with Crippen LogP contribution in [0.4, 0.5) is 4.79 Å². The molecule has 0 aromatic heterocycles. The van der Waals surface area contributed by atoms with Crippen molar-refractivity contribution in [3.8, 4) is 0 Å². The first kappa shape index (κ1) is 8.37. The molecular weight excluding hydrogens is 144 g/mol. The molecule has 0 aromatic rings. The summed E-state index contributed by atoms with van der Waals surface area (Å²) in [5, 5.41) is 0. The van der Waals surface area contributed by atoms with E-state index in [1.54, 1.807) is 0 Å². The van der Waals surface area contributed by atoms with Crippen LogP contribution >= 0.6 is 0 Å². The van der Waals surface area contributed by atoms with E-state index in [0.717, 1.165) is 12.8 Å². The highest BCUT2D eigenvalue weighted by Crippen LogP contribution is 2.24. The first-order valence-corrected chi connectivity index (χ1v) is 3.87. The number of carbonyl (C=O) groups excluding carboxylic acids is 1. The summed E-state index contributed by atoms with van der Waals surface area (Å²) in [5.74, 6) is 0. The highest BCUT2D eigenvalue weighted by atomic mass is 16.7. The van der Waals surface area contributed by atoms with E-state index in [1.165, 1.54) is 0 Å². The number of hydrogen-bond acceptors (Lipinski definition) is 3. The van der Waals surface area contributed by atoms with Gasteiger partial charge in [-0.3, -0.25) is 0 Å². The Morgan fingerprint density at radius 1 is 1.36 bits per heavy atom. The molecule has 0 unspecified atom stereocenters. The first-order chi connectivity index (χ1) is 4.97. The van der Waals surface area contributed by atoms with E-state index in [0.29, 0.717) is 0 Å². The van der Waals surface area contributed by atoms with Crippen molar-refractivity contribution in [1.82, 2.24) is 0 Å². The summed E-state index contributed by atoms with van der Waals surface area (Å²) in [4.78, 5) is 10.9. The molecule has 0 saturated heterocycles. The average Bonchev–Trinajstić information content (AvgIpc) is 2.42. The zero-order valence-electron chi connectivity index (χ0n) is 7.22. The molecule has 1 aliphatic rings. The molecule has 0 aliphatic heterocycles. The van der Waals surface area contributed by atoms with Crippen molar-refractivity contribution in [3.05, 3.63) is 0 Å². The zero-order chi connectivity index (χ0) is 8.48. The molecule has 0 heterocycles. The molecule has 0 bridgehead atoms. The van der Waals surface area contributed by atoms with Crippen LogP contribution in [0.15, 0.2) is 0 Å². The lowest BCUT2D eigenvalue weighted by molar-refractivity contribution is -0.0107. The van der Waals surface area contributed by atoms with Crippen LogP contribution in [0.25, 0.3) is 0 Å². The molecule has 1 fully saturated rings. The van der Waals surface area contributed by atoms with E-state index in [2.05, 4.69) is 0 Å². The maximum Gasteiger partial charge on any atom is 0.509 e. The quantitative estimate of drug-likeness (QED) is 0.548. The summed E-state index contributed by atoms with van der Waals surface area (Å²) in [6.45, 7) is 5.46. The molecule has 1 saturated carbocycles. The smallest absolute Gasteiger partial charge is 0.431 e. The van der Waals surface area contributed by atoms with Gasteiger partial charge in [0.05, 0.1) is 0 Å². The lowest BCUT2D eigenvalue weighted by Gasteiger charge is -2.18. The molecule has 0 atom stereocenters. The van der Waals surface area contributed by atoms with E-state index >= 15 is 0 Å². The van der Waals surface area contributed by atoms with Crippen LogP contribution in [0.2, 0.25) is 0 Å². The largest absolute Gasteiger partial charge is 0.509 e. The average molecular weight is 158 g/mol. The van der Waals surface area contributed by atoms with Gasteiger partial charge in [0.15, 0.2) is 0 Å². The van der Waals surface area contributed by atoms with Crippen LogP contribution in [-0.4, -0.2) is 17.9 Å². The third kappa shape index (κ3) is 3.86. The SMILES string of the molecule is CC(C)(C)OC(=O)OC1CC1. The molecule has 1 aliphatic carbocycles. The van der Waals surface area contributed by atoms with Gasteiger partial charge in [0.1, 0.15) is 11.7 Å². The zero-order valence-corrected chi connectivity index (χ0v) is 7.22. The van der Waals surface area contributed by atoms with Crippen molar-refractivity contribution in [3.63, 3.8) is 0 Å². The molecule has 0 N–H and O–H groups in total. The molecule has 11 heavy (non-hydrogen) atoms. The number of hydrogen-bond donors (Lipinski definition) is 0. The maximum atomic E-state index is 10.9. The van der Waals surface area contributed by atoms with Crippen LogP contribution in [-0.2, 0) is 9.47 Å². The maximum absolute atomic E-state index is 10.9. The summed E-state index contributed by atoms with van der Waals surface area (Å²) < 4.78 is 9.80. The van der Waals surface area contributed by atoms with Crippen molar-refractivity contribution >= 4 is 6.16 Å². The summed E-state index contributed by atoms with van der Waals surface area (Å²) in [5.41, 5.74) is -0.439. The van der Waals surface area contributed by atoms with Crippen LogP contribution in [0, 0.1) is 0 Å². The van der Waals surface area contributed by atoms with Crippen LogP contribution in [0.3, 0.4) is 0 Å². The van der Waals surface area contributed by atoms with Gasteiger partial charge in [-0.15, -0.1) is 0 Å². The summed E-state index contributed by atoms with van der Waals surface area (Å²) in [7, 11) is 0. The molecule has 0 aromatic carbocycles. The van der Waals surface area contributed by atoms with E-state index in [1.807, 2.05) is 20.8 Å². The molecule has 64 valence electrons. The van der Waals surface area contributed by atoms with Crippen LogP contribution in [0.5, 0.6) is 0 Å². The number of carbonyl (C=O) groups is 1. The van der Waals surface area contributed by atoms with Gasteiger partial charge in [0.25, 0.3) is 0 Å². The van der Waals surface area contributed by atoms with Crippen LogP contribution in [0.1, 0.15) is 33.6 Å². The summed E-state index contributed by atoms with van der Waals surface area (Å²) >= 11 is 0. The van der Waals surface area contributed by atoms with Gasteiger partial charge in [-0.2, -0.15) is 0 Å². The Balaban J connectivity index is 2.19. The molecule has 1 rings (SSSR count). The monoisotopic (exact) mass is 158 g/mol. The Kier molecular flexibility index (Phi) is 2.07. The highest BCUT2D eigenvalue weighted by molar-refractivity contribution is 5.61. The summed E-state index contributed by atoms with van der Waals surface area (Å²) in [6.07, 6.45) is 1.56. The van der Waals surface area contributed by atoms with Gasteiger partial charge >= 0.3 is 6.16 Å². The number of rotatable bonds is 1. The summed E-state index contributed by atoms with van der Waals surface area (Å²) in [6, 6.07) is 0.